The quantitative estimate of drug-likeness (QED) is 0.666. The Hall–Kier alpha value is -0.150. The summed E-state index contributed by atoms with van der Waals surface area (Å²) in [5.74, 6) is 3.18. The zero-order valence-electron chi connectivity index (χ0n) is 7.58. The highest BCUT2D eigenvalue weighted by atomic mass is 32.2. The van der Waals surface area contributed by atoms with Crippen LogP contribution in [-0.2, 0) is 4.74 Å². The summed E-state index contributed by atoms with van der Waals surface area (Å²) in [6.45, 7) is 3.01. The molecule has 1 heterocycles. The van der Waals surface area contributed by atoms with E-state index in [9.17, 15) is 0 Å². The maximum absolute atomic E-state index is 5.91. The molecule has 1 aliphatic heterocycles. The van der Waals surface area contributed by atoms with Crippen molar-refractivity contribution < 1.29 is 4.74 Å². The van der Waals surface area contributed by atoms with E-state index in [4.69, 9.17) is 10.5 Å². The third-order valence-electron chi connectivity index (χ3n) is 1.74. The highest BCUT2D eigenvalue weighted by molar-refractivity contribution is 7.99. The van der Waals surface area contributed by atoms with Crippen LogP contribution in [0.15, 0.2) is 11.8 Å². The molecule has 70 valence electrons. The van der Waals surface area contributed by atoms with E-state index in [1.807, 2.05) is 11.8 Å². The summed E-state index contributed by atoms with van der Waals surface area (Å²) in [4.78, 5) is 0. The van der Waals surface area contributed by atoms with Gasteiger partial charge in [-0.3, -0.25) is 0 Å². The van der Waals surface area contributed by atoms with Crippen molar-refractivity contribution in [2.75, 3.05) is 18.1 Å². The minimum Gasteiger partial charge on any atom is -0.496 e. The second-order valence-electron chi connectivity index (χ2n) is 2.93. The third-order valence-corrected chi connectivity index (χ3v) is 3.04. The molecule has 12 heavy (non-hydrogen) atoms. The number of ether oxygens (including phenoxy) is 1. The summed E-state index contributed by atoms with van der Waals surface area (Å²) in [6, 6.07) is 0.115. The van der Waals surface area contributed by atoms with Gasteiger partial charge in [-0.1, -0.05) is 6.92 Å². The summed E-state index contributed by atoms with van der Waals surface area (Å²) >= 11 is 1.90. The first-order chi connectivity index (χ1) is 5.84. The Kier molecular flexibility index (Phi) is 4.54. The second kappa shape index (κ2) is 5.49. The Morgan fingerprint density at radius 2 is 2.58 bits per heavy atom. The summed E-state index contributed by atoms with van der Waals surface area (Å²) in [7, 11) is 0. The molecule has 0 spiro atoms. The molecule has 0 aromatic heterocycles. The molecule has 1 atom stereocenters. The predicted octanol–water partition coefficient (Wildman–Crippen LogP) is 1.76. The van der Waals surface area contributed by atoms with E-state index in [0.717, 1.165) is 24.5 Å². The van der Waals surface area contributed by atoms with Gasteiger partial charge in [-0.2, -0.15) is 11.8 Å². The highest BCUT2D eigenvalue weighted by Crippen LogP contribution is 2.15. The van der Waals surface area contributed by atoms with Crippen molar-refractivity contribution in [1.29, 1.82) is 0 Å². The molecule has 0 saturated heterocycles. The lowest BCUT2D eigenvalue weighted by Crippen LogP contribution is -2.25. The van der Waals surface area contributed by atoms with E-state index in [-0.39, 0.29) is 6.04 Å². The zero-order chi connectivity index (χ0) is 8.81. The van der Waals surface area contributed by atoms with Crippen molar-refractivity contribution in [3.05, 3.63) is 11.8 Å². The van der Waals surface area contributed by atoms with Gasteiger partial charge in [0, 0.05) is 12.2 Å². The predicted molar refractivity (Wildman–Crippen MR) is 54.2 cm³/mol. The summed E-state index contributed by atoms with van der Waals surface area (Å²) < 4.78 is 5.37. The van der Waals surface area contributed by atoms with Gasteiger partial charge in [0.15, 0.2) is 0 Å². The van der Waals surface area contributed by atoms with Crippen LogP contribution in [0.1, 0.15) is 19.8 Å². The van der Waals surface area contributed by atoms with Crippen LogP contribution in [0, 0.1) is 0 Å². The monoisotopic (exact) mass is 187 g/mol. The fourth-order valence-electron chi connectivity index (χ4n) is 1.13. The molecule has 1 unspecified atom stereocenters. The second-order valence-corrected chi connectivity index (χ2v) is 4.07. The molecular weight excluding hydrogens is 170 g/mol. The van der Waals surface area contributed by atoms with Crippen LogP contribution < -0.4 is 5.73 Å². The zero-order valence-corrected chi connectivity index (χ0v) is 8.40. The summed E-state index contributed by atoms with van der Waals surface area (Å²) in [6.07, 6.45) is 4.36. The lowest BCUT2D eigenvalue weighted by molar-refractivity contribution is 0.228. The fraction of sp³-hybridized carbons (Fsp3) is 0.778. The van der Waals surface area contributed by atoms with Crippen molar-refractivity contribution in [1.82, 2.24) is 0 Å². The number of hydrogen-bond acceptors (Lipinski definition) is 3. The smallest absolute Gasteiger partial charge is 0.110 e. The molecule has 0 aromatic rings. The SMILES string of the molecule is CCCSCC(N)C1=CCCO1. The molecule has 2 N–H and O–H groups in total. The van der Waals surface area contributed by atoms with E-state index in [0.29, 0.717) is 0 Å². The van der Waals surface area contributed by atoms with E-state index in [1.165, 1.54) is 12.2 Å². The van der Waals surface area contributed by atoms with Crippen molar-refractivity contribution in [2.24, 2.45) is 5.73 Å². The van der Waals surface area contributed by atoms with E-state index < -0.39 is 0 Å². The summed E-state index contributed by atoms with van der Waals surface area (Å²) in [5.41, 5.74) is 5.91. The summed E-state index contributed by atoms with van der Waals surface area (Å²) in [5, 5.41) is 0. The average molecular weight is 187 g/mol. The van der Waals surface area contributed by atoms with Gasteiger partial charge in [-0.15, -0.1) is 0 Å². The Morgan fingerprint density at radius 1 is 1.75 bits per heavy atom. The highest BCUT2D eigenvalue weighted by Gasteiger charge is 2.13. The molecule has 0 saturated carbocycles. The Labute approximate surface area is 78.5 Å². The molecule has 1 rings (SSSR count). The number of rotatable bonds is 5. The molecule has 0 aliphatic carbocycles. The van der Waals surface area contributed by atoms with Gasteiger partial charge in [0.05, 0.1) is 12.6 Å². The largest absolute Gasteiger partial charge is 0.496 e. The topological polar surface area (TPSA) is 35.2 Å². The van der Waals surface area contributed by atoms with Crippen LogP contribution in [-0.4, -0.2) is 24.2 Å². The van der Waals surface area contributed by atoms with Crippen molar-refractivity contribution >= 4 is 11.8 Å². The third kappa shape index (κ3) is 3.07. The molecule has 3 heteroatoms. The van der Waals surface area contributed by atoms with Crippen LogP contribution in [0.2, 0.25) is 0 Å². The van der Waals surface area contributed by atoms with Gasteiger partial charge in [0.2, 0.25) is 0 Å². The van der Waals surface area contributed by atoms with Crippen LogP contribution in [0.3, 0.4) is 0 Å². The van der Waals surface area contributed by atoms with Gasteiger partial charge in [0.25, 0.3) is 0 Å². The Bertz CT molecular complexity index is 159. The number of thioether (sulfide) groups is 1. The lowest BCUT2D eigenvalue weighted by atomic mass is 10.3. The molecule has 2 nitrogen and oxygen atoms in total. The van der Waals surface area contributed by atoms with Crippen LogP contribution in [0.4, 0.5) is 0 Å². The molecule has 0 fully saturated rings. The van der Waals surface area contributed by atoms with Crippen LogP contribution >= 0.6 is 11.8 Å². The van der Waals surface area contributed by atoms with Gasteiger partial charge in [0.1, 0.15) is 5.76 Å². The molecular formula is C9H17NOS. The first-order valence-corrected chi connectivity index (χ1v) is 5.66. The van der Waals surface area contributed by atoms with E-state index in [2.05, 4.69) is 13.0 Å². The van der Waals surface area contributed by atoms with Crippen LogP contribution in [0.25, 0.3) is 0 Å². The lowest BCUT2D eigenvalue weighted by Gasteiger charge is -2.11. The molecule has 0 aromatic carbocycles. The fourth-order valence-corrected chi connectivity index (χ4v) is 2.01. The maximum atomic E-state index is 5.91. The average Bonchev–Trinajstić information content (AvgIpc) is 2.56. The maximum Gasteiger partial charge on any atom is 0.110 e. The number of nitrogens with two attached hydrogens (primary N) is 1. The van der Waals surface area contributed by atoms with Crippen molar-refractivity contribution in [3.63, 3.8) is 0 Å². The van der Waals surface area contributed by atoms with Crippen LogP contribution in [0.5, 0.6) is 0 Å². The van der Waals surface area contributed by atoms with Gasteiger partial charge < -0.3 is 10.5 Å². The first-order valence-electron chi connectivity index (χ1n) is 4.50. The molecule has 1 aliphatic rings. The minimum atomic E-state index is 0.115. The van der Waals surface area contributed by atoms with Gasteiger partial charge in [-0.05, 0) is 18.2 Å². The normalized spacial score (nSPS) is 18.7. The Morgan fingerprint density at radius 3 is 3.17 bits per heavy atom. The number of hydrogen-bond donors (Lipinski definition) is 1. The van der Waals surface area contributed by atoms with Crippen molar-refractivity contribution in [2.45, 2.75) is 25.8 Å². The molecule has 0 radical (unpaired) electrons. The minimum absolute atomic E-state index is 0.115. The van der Waals surface area contributed by atoms with E-state index >= 15 is 0 Å². The van der Waals surface area contributed by atoms with Gasteiger partial charge in [-0.25, -0.2) is 0 Å². The standard InChI is InChI=1S/C9H17NOS/c1-2-6-12-7-8(10)9-4-3-5-11-9/h4,8H,2-3,5-7,10H2,1H3. The first kappa shape index (κ1) is 9.93. The molecule has 0 amide bonds. The Balaban J connectivity index is 2.14. The van der Waals surface area contributed by atoms with Crippen molar-refractivity contribution in [3.8, 4) is 0 Å². The van der Waals surface area contributed by atoms with Gasteiger partial charge >= 0.3 is 0 Å². The van der Waals surface area contributed by atoms with E-state index in [1.54, 1.807) is 0 Å². The molecule has 0 bridgehead atoms.